The minimum Gasteiger partial charge on any atom is -0.463 e. The third-order valence-corrected chi connectivity index (χ3v) is 3.56. The van der Waals surface area contributed by atoms with Crippen LogP contribution in [0.1, 0.15) is 36.8 Å². The Bertz CT molecular complexity index is 698. The van der Waals surface area contributed by atoms with Crippen molar-refractivity contribution in [2.75, 3.05) is 13.1 Å². The van der Waals surface area contributed by atoms with Gasteiger partial charge in [0.25, 0.3) is 0 Å². The number of hydrogen-bond donors (Lipinski definition) is 3. The van der Waals surface area contributed by atoms with E-state index in [1.807, 2.05) is 45.0 Å². The van der Waals surface area contributed by atoms with Gasteiger partial charge in [-0.05, 0) is 52.0 Å². The molecule has 0 saturated heterocycles. The smallest absolute Gasteiger partial charge is 0.191 e. The van der Waals surface area contributed by atoms with Gasteiger partial charge in [-0.2, -0.15) is 0 Å². The van der Waals surface area contributed by atoms with E-state index in [1.54, 1.807) is 13.0 Å². The van der Waals surface area contributed by atoms with Crippen LogP contribution in [0.15, 0.2) is 39.7 Å². The highest BCUT2D eigenvalue weighted by Crippen LogP contribution is 2.21. The largest absolute Gasteiger partial charge is 0.463 e. The number of nitrogens with zero attached hydrogens (tertiary/aromatic N) is 2. The van der Waals surface area contributed by atoms with Crippen molar-refractivity contribution in [3.8, 4) is 0 Å². The molecule has 2 heterocycles. The van der Waals surface area contributed by atoms with E-state index < -0.39 is 5.60 Å². The summed E-state index contributed by atoms with van der Waals surface area (Å²) in [4.78, 5) is 8.95. The first-order valence-electron chi connectivity index (χ1n) is 8.14. The van der Waals surface area contributed by atoms with E-state index >= 15 is 0 Å². The van der Waals surface area contributed by atoms with Gasteiger partial charge in [-0.3, -0.25) is 4.98 Å². The molecule has 3 N–H and O–H groups in total. The van der Waals surface area contributed by atoms with Crippen LogP contribution in [0.2, 0.25) is 0 Å². The van der Waals surface area contributed by atoms with Crippen molar-refractivity contribution in [3.05, 3.63) is 53.2 Å². The van der Waals surface area contributed by atoms with Gasteiger partial charge in [-0.1, -0.05) is 6.07 Å². The second-order valence-corrected chi connectivity index (χ2v) is 6.00. The second-order valence-electron chi connectivity index (χ2n) is 6.00. The molecule has 0 saturated carbocycles. The highest BCUT2D eigenvalue weighted by molar-refractivity contribution is 14.0. The molecule has 1 unspecified atom stereocenters. The third kappa shape index (κ3) is 6.66. The predicted molar refractivity (Wildman–Crippen MR) is 110 cm³/mol. The van der Waals surface area contributed by atoms with Crippen LogP contribution in [-0.4, -0.2) is 29.1 Å². The number of aryl methyl sites for hydroxylation is 2. The molecular weight excluding hydrogens is 431 g/mol. The molecule has 0 aliphatic rings. The maximum Gasteiger partial charge on any atom is 0.191 e. The maximum absolute atomic E-state index is 10.6. The van der Waals surface area contributed by atoms with Gasteiger partial charge in [0, 0.05) is 12.2 Å². The number of furan rings is 1. The molecule has 2 aromatic heterocycles. The zero-order valence-corrected chi connectivity index (χ0v) is 17.5. The molecule has 138 valence electrons. The van der Waals surface area contributed by atoms with Gasteiger partial charge in [0.05, 0.1) is 18.8 Å². The van der Waals surface area contributed by atoms with E-state index in [0.717, 1.165) is 23.7 Å². The molecule has 0 aliphatic heterocycles. The van der Waals surface area contributed by atoms with Crippen LogP contribution < -0.4 is 10.6 Å². The highest BCUT2D eigenvalue weighted by atomic mass is 127. The van der Waals surface area contributed by atoms with Crippen molar-refractivity contribution in [2.45, 2.75) is 39.8 Å². The summed E-state index contributed by atoms with van der Waals surface area (Å²) in [6, 6.07) is 9.50. The van der Waals surface area contributed by atoms with Crippen LogP contribution in [0.25, 0.3) is 0 Å². The molecular formula is C18H27IN4O2. The quantitative estimate of drug-likeness (QED) is 0.353. The van der Waals surface area contributed by atoms with E-state index in [1.165, 1.54) is 0 Å². The van der Waals surface area contributed by atoms with Crippen molar-refractivity contribution in [2.24, 2.45) is 4.99 Å². The molecule has 0 bridgehead atoms. The van der Waals surface area contributed by atoms with Crippen LogP contribution >= 0.6 is 24.0 Å². The molecule has 6 nitrogen and oxygen atoms in total. The summed E-state index contributed by atoms with van der Waals surface area (Å²) in [5.74, 6) is 1.93. The first-order valence-corrected chi connectivity index (χ1v) is 8.14. The third-order valence-electron chi connectivity index (χ3n) is 3.56. The lowest BCUT2D eigenvalue weighted by atomic mass is 10.0. The Balaban J connectivity index is 0.00000312. The lowest BCUT2D eigenvalue weighted by Gasteiger charge is -2.22. The number of pyridine rings is 1. The van der Waals surface area contributed by atoms with Crippen molar-refractivity contribution in [3.63, 3.8) is 0 Å². The van der Waals surface area contributed by atoms with E-state index in [-0.39, 0.29) is 30.5 Å². The molecule has 2 aromatic rings. The zero-order chi connectivity index (χ0) is 17.6. The molecule has 0 radical (unpaired) electrons. The van der Waals surface area contributed by atoms with Crippen molar-refractivity contribution in [1.29, 1.82) is 0 Å². The lowest BCUT2D eigenvalue weighted by molar-refractivity contribution is 0.0378. The normalized spacial score (nSPS) is 13.7. The van der Waals surface area contributed by atoms with E-state index in [9.17, 15) is 5.11 Å². The van der Waals surface area contributed by atoms with Crippen LogP contribution in [0.4, 0.5) is 0 Å². The fraction of sp³-hybridized carbons (Fsp3) is 0.444. The van der Waals surface area contributed by atoms with Crippen LogP contribution in [0, 0.1) is 13.8 Å². The van der Waals surface area contributed by atoms with Gasteiger partial charge in [-0.15, -0.1) is 24.0 Å². The number of nitrogens with one attached hydrogen (secondary N) is 2. The fourth-order valence-electron chi connectivity index (χ4n) is 2.26. The summed E-state index contributed by atoms with van der Waals surface area (Å²) in [5, 5.41) is 16.9. The topological polar surface area (TPSA) is 82.7 Å². The minimum atomic E-state index is -1.12. The molecule has 7 heteroatoms. The first kappa shape index (κ1) is 21.4. The highest BCUT2D eigenvalue weighted by Gasteiger charge is 2.27. The SMILES string of the molecule is CCNC(=NCc1cccc(C)n1)NCC(C)(O)c1ccc(C)o1.I. The average molecular weight is 458 g/mol. The number of hydrogen-bond acceptors (Lipinski definition) is 4. The van der Waals surface area contributed by atoms with Crippen molar-refractivity contribution in [1.82, 2.24) is 15.6 Å². The Morgan fingerprint density at radius 2 is 2.00 bits per heavy atom. The summed E-state index contributed by atoms with van der Waals surface area (Å²) >= 11 is 0. The Hall–Kier alpha value is -1.61. The number of guanidine groups is 1. The molecule has 0 amide bonds. The van der Waals surface area contributed by atoms with Gasteiger partial charge in [0.2, 0.25) is 0 Å². The second kappa shape index (κ2) is 9.76. The van der Waals surface area contributed by atoms with Gasteiger partial charge >= 0.3 is 0 Å². The maximum atomic E-state index is 10.6. The van der Waals surface area contributed by atoms with Crippen molar-refractivity contribution < 1.29 is 9.52 Å². The van der Waals surface area contributed by atoms with Gasteiger partial charge in [0.1, 0.15) is 17.1 Å². The predicted octanol–water partition coefficient (Wildman–Crippen LogP) is 2.87. The first-order chi connectivity index (χ1) is 11.4. The standard InChI is InChI=1S/C18H26N4O2.HI/c1-5-19-17(20-11-15-8-6-7-13(2)22-15)21-12-18(4,23)16-10-9-14(3)24-16;/h6-10,23H,5,11-12H2,1-4H3,(H2,19,20,21);1H. The van der Waals surface area contributed by atoms with Crippen molar-refractivity contribution >= 4 is 29.9 Å². The van der Waals surface area contributed by atoms with Gasteiger partial charge in [-0.25, -0.2) is 4.99 Å². The summed E-state index contributed by atoms with van der Waals surface area (Å²) in [5.41, 5.74) is 0.754. The molecule has 0 fully saturated rings. The van der Waals surface area contributed by atoms with E-state index in [4.69, 9.17) is 4.42 Å². The number of aliphatic imine (C=N–C) groups is 1. The average Bonchev–Trinajstić information content (AvgIpc) is 2.98. The van der Waals surface area contributed by atoms with E-state index in [2.05, 4.69) is 20.6 Å². The van der Waals surface area contributed by atoms with Crippen LogP contribution in [0.5, 0.6) is 0 Å². The van der Waals surface area contributed by atoms with Gasteiger partial charge < -0.3 is 20.2 Å². The summed E-state index contributed by atoms with van der Waals surface area (Å²) in [6.45, 7) is 9.01. The zero-order valence-electron chi connectivity index (χ0n) is 15.2. The molecule has 25 heavy (non-hydrogen) atoms. The number of halogens is 1. The van der Waals surface area contributed by atoms with Crippen LogP contribution in [-0.2, 0) is 12.1 Å². The number of aromatic nitrogens is 1. The molecule has 0 spiro atoms. The number of rotatable bonds is 6. The Labute approximate surface area is 166 Å². The van der Waals surface area contributed by atoms with Gasteiger partial charge in [0.15, 0.2) is 5.96 Å². The molecule has 0 aromatic carbocycles. The number of aliphatic hydroxyl groups is 1. The molecule has 1 atom stereocenters. The Morgan fingerprint density at radius 1 is 1.24 bits per heavy atom. The van der Waals surface area contributed by atoms with Crippen LogP contribution in [0.3, 0.4) is 0 Å². The van der Waals surface area contributed by atoms with E-state index in [0.29, 0.717) is 18.3 Å². The Kier molecular flexibility index (Phi) is 8.37. The monoisotopic (exact) mass is 458 g/mol. The fourth-order valence-corrected chi connectivity index (χ4v) is 2.26. The minimum absolute atomic E-state index is 0. The summed E-state index contributed by atoms with van der Waals surface area (Å²) in [6.07, 6.45) is 0. The summed E-state index contributed by atoms with van der Waals surface area (Å²) < 4.78 is 5.52. The molecule has 2 rings (SSSR count). The Morgan fingerprint density at radius 3 is 2.60 bits per heavy atom. The lowest BCUT2D eigenvalue weighted by Crippen LogP contribution is -2.44. The summed E-state index contributed by atoms with van der Waals surface area (Å²) in [7, 11) is 0. The molecule has 0 aliphatic carbocycles.